The number of hydrogen-bond donors (Lipinski definition) is 2. The number of hydrogen-bond acceptors (Lipinski definition) is 11. The van der Waals surface area contributed by atoms with Crippen LogP contribution in [0.4, 0.5) is 10.1 Å². The highest BCUT2D eigenvalue weighted by atomic mass is 32.2. The van der Waals surface area contributed by atoms with Crippen molar-refractivity contribution < 1.29 is 33.0 Å². The van der Waals surface area contributed by atoms with Crippen molar-refractivity contribution in [1.82, 2.24) is 25.1 Å². The van der Waals surface area contributed by atoms with Gasteiger partial charge in [-0.05, 0) is 63.2 Å². The van der Waals surface area contributed by atoms with E-state index in [1.807, 2.05) is 6.07 Å². The lowest BCUT2D eigenvalue weighted by Gasteiger charge is -2.49. The molecule has 3 aromatic rings. The van der Waals surface area contributed by atoms with Crippen LogP contribution in [-0.4, -0.2) is 107 Å². The van der Waals surface area contributed by atoms with Crippen molar-refractivity contribution in [2.24, 2.45) is 5.92 Å². The van der Waals surface area contributed by atoms with Crippen molar-refractivity contribution in [1.29, 1.82) is 0 Å². The highest BCUT2D eigenvalue weighted by molar-refractivity contribution is 7.99. The summed E-state index contributed by atoms with van der Waals surface area (Å²) in [5.74, 6) is -0.976. The van der Waals surface area contributed by atoms with Crippen LogP contribution < -0.4 is 20.5 Å². The number of nitrogens with one attached hydrogen (secondary N) is 2. The Bertz CT molecular complexity index is 1950. The first-order valence-corrected chi connectivity index (χ1v) is 18.7. The maximum Gasteiger partial charge on any atom is 0.264 e. The number of halogens is 1. The fourth-order valence-electron chi connectivity index (χ4n) is 7.78. The molecule has 6 heterocycles. The summed E-state index contributed by atoms with van der Waals surface area (Å²) in [4.78, 5) is 76.4. The zero-order valence-corrected chi connectivity index (χ0v) is 28.8. The van der Waals surface area contributed by atoms with Gasteiger partial charge in [0.1, 0.15) is 28.8 Å². The molecule has 0 spiro atoms. The number of anilines is 1. The number of thioether (sulfide) groups is 1. The summed E-state index contributed by atoms with van der Waals surface area (Å²) in [6.07, 6.45) is 3.93. The van der Waals surface area contributed by atoms with E-state index in [0.29, 0.717) is 65.1 Å². The summed E-state index contributed by atoms with van der Waals surface area (Å²) in [6.45, 7) is 5.06. The third kappa shape index (κ3) is 6.62. The first kappa shape index (κ1) is 33.8. The molecule has 15 heteroatoms. The van der Waals surface area contributed by atoms with Crippen LogP contribution in [-0.2, 0) is 20.1 Å². The number of fused-ring (bicyclic) bond motifs is 2. The number of carbonyl (C=O) groups is 4. The third-order valence-corrected chi connectivity index (χ3v) is 12.1. The van der Waals surface area contributed by atoms with E-state index < -0.39 is 41.0 Å². The molecular weight excluding hydrogens is 679 g/mol. The number of benzene rings is 2. The SMILES string of the molecule is O=C1CCC(N2C(=O)c3cccc(N4CC(N5CCC(COc6cc(F)c7c(=O)[nH]c(CSC8CCOCC8)nc7c6)CC5)C4)c3C2=O)C(=O)N1. The number of rotatable bonds is 9. The number of imide groups is 2. The van der Waals surface area contributed by atoms with Crippen molar-refractivity contribution in [3.63, 3.8) is 0 Å². The number of ether oxygens (including phenoxy) is 2. The van der Waals surface area contributed by atoms with Gasteiger partial charge in [0.15, 0.2) is 0 Å². The highest BCUT2D eigenvalue weighted by Crippen LogP contribution is 2.37. The van der Waals surface area contributed by atoms with Crippen LogP contribution in [0.15, 0.2) is 35.1 Å². The Hall–Kier alpha value is -4.34. The molecule has 4 saturated heterocycles. The number of carbonyl (C=O) groups excluding carboxylic acids is 4. The van der Waals surface area contributed by atoms with Crippen molar-refractivity contribution >= 4 is 52.0 Å². The average molecular weight is 719 g/mol. The molecule has 5 aliphatic rings. The molecule has 268 valence electrons. The number of likely N-dealkylation sites (tertiary alicyclic amines) is 1. The van der Waals surface area contributed by atoms with Gasteiger partial charge >= 0.3 is 0 Å². The van der Waals surface area contributed by atoms with Gasteiger partial charge in [-0.15, -0.1) is 0 Å². The fourth-order valence-corrected chi connectivity index (χ4v) is 8.84. The van der Waals surface area contributed by atoms with Crippen molar-refractivity contribution in [2.75, 3.05) is 50.9 Å². The Morgan fingerprint density at radius 1 is 0.980 bits per heavy atom. The minimum Gasteiger partial charge on any atom is -0.493 e. The third-order valence-electron chi connectivity index (χ3n) is 10.7. The largest absolute Gasteiger partial charge is 0.493 e. The lowest BCUT2D eigenvalue weighted by atomic mass is 9.94. The Labute approximate surface area is 297 Å². The molecule has 1 atom stereocenters. The van der Waals surface area contributed by atoms with Crippen LogP contribution in [0, 0.1) is 11.7 Å². The zero-order valence-electron chi connectivity index (χ0n) is 28.0. The highest BCUT2D eigenvalue weighted by Gasteiger charge is 2.47. The molecule has 51 heavy (non-hydrogen) atoms. The number of H-pyrrole nitrogens is 1. The van der Waals surface area contributed by atoms with Gasteiger partial charge in [0.25, 0.3) is 17.4 Å². The van der Waals surface area contributed by atoms with Crippen LogP contribution in [0.5, 0.6) is 5.75 Å². The second-order valence-electron chi connectivity index (χ2n) is 13.9. The van der Waals surface area contributed by atoms with Gasteiger partial charge in [0.05, 0.1) is 34.7 Å². The number of piperidine rings is 2. The van der Waals surface area contributed by atoms with Gasteiger partial charge in [-0.25, -0.2) is 9.37 Å². The number of aromatic nitrogens is 2. The number of nitrogens with zero attached hydrogens (tertiary/aromatic N) is 4. The Kier molecular flexibility index (Phi) is 9.27. The van der Waals surface area contributed by atoms with E-state index in [9.17, 15) is 24.0 Å². The molecule has 2 aromatic carbocycles. The van der Waals surface area contributed by atoms with E-state index in [0.717, 1.165) is 56.9 Å². The van der Waals surface area contributed by atoms with E-state index in [1.54, 1.807) is 30.0 Å². The Morgan fingerprint density at radius 3 is 2.53 bits per heavy atom. The standard InChI is InChI=1S/C36H39FN6O7S/c37-25-14-22(15-26-32(25)34(46)39-29(38-26)19-51-23-8-12-49-13-9-23)50-18-20-6-10-41(11-7-20)21-16-42(17-21)27-3-1-2-24-31(27)36(48)43(35(24)47)28-4-5-30(44)40-33(28)45/h1-3,14-15,20-21,23,28H,4-13,16-19H2,(H,38,39,46)(H,40,44,45). The minimum absolute atomic E-state index is 0.0620. The molecule has 4 fully saturated rings. The second-order valence-corrected chi connectivity index (χ2v) is 15.2. The van der Waals surface area contributed by atoms with E-state index in [4.69, 9.17) is 9.47 Å². The molecule has 1 unspecified atom stereocenters. The molecule has 2 N–H and O–H groups in total. The van der Waals surface area contributed by atoms with Crippen molar-refractivity contribution in [3.05, 3.63) is 63.5 Å². The summed E-state index contributed by atoms with van der Waals surface area (Å²) in [5, 5.41) is 2.62. The smallest absolute Gasteiger partial charge is 0.264 e. The average Bonchev–Trinajstić information content (AvgIpc) is 3.36. The molecule has 0 bridgehead atoms. The Balaban J connectivity index is 0.843. The van der Waals surface area contributed by atoms with E-state index in [2.05, 4.69) is 25.1 Å². The predicted molar refractivity (Wildman–Crippen MR) is 186 cm³/mol. The van der Waals surface area contributed by atoms with Gasteiger partial charge in [0.2, 0.25) is 11.8 Å². The molecule has 4 amide bonds. The molecule has 0 aliphatic carbocycles. The molecule has 0 radical (unpaired) electrons. The van der Waals surface area contributed by atoms with E-state index in [1.165, 1.54) is 6.07 Å². The van der Waals surface area contributed by atoms with Gasteiger partial charge in [-0.3, -0.25) is 39.1 Å². The van der Waals surface area contributed by atoms with E-state index in [-0.39, 0.29) is 29.7 Å². The van der Waals surface area contributed by atoms with Crippen LogP contribution >= 0.6 is 11.8 Å². The van der Waals surface area contributed by atoms with Crippen molar-refractivity contribution in [3.8, 4) is 5.75 Å². The quantitative estimate of drug-likeness (QED) is 0.314. The van der Waals surface area contributed by atoms with Crippen LogP contribution in [0.2, 0.25) is 0 Å². The molecule has 1 aromatic heterocycles. The van der Waals surface area contributed by atoms with Crippen LogP contribution in [0.1, 0.15) is 65.1 Å². The summed E-state index contributed by atoms with van der Waals surface area (Å²) in [7, 11) is 0. The summed E-state index contributed by atoms with van der Waals surface area (Å²) in [5.41, 5.74) is 1.09. The van der Waals surface area contributed by atoms with Gasteiger partial charge in [-0.2, -0.15) is 11.8 Å². The molecule has 13 nitrogen and oxygen atoms in total. The van der Waals surface area contributed by atoms with E-state index >= 15 is 4.39 Å². The zero-order chi connectivity index (χ0) is 35.2. The maximum atomic E-state index is 15.0. The first-order chi connectivity index (χ1) is 24.7. The summed E-state index contributed by atoms with van der Waals surface area (Å²) < 4.78 is 26.5. The van der Waals surface area contributed by atoms with Crippen molar-refractivity contribution in [2.45, 2.75) is 61.6 Å². The second kappa shape index (κ2) is 14.0. The summed E-state index contributed by atoms with van der Waals surface area (Å²) >= 11 is 1.73. The molecule has 0 saturated carbocycles. The number of aromatic amines is 1. The Morgan fingerprint density at radius 2 is 1.76 bits per heavy atom. The lowest BCUT2D eigenvalue weighted by molar-refractivity contribution is -0.136. The predicted octanol–water partition coefficient (Wildman–Crippen LogP) is 2.86. The topological polar surface area (TPSA) is 154 Å². The minimum atomic E-state index is -0.997. The molecular formula is C36H39FN6O7S. The normalized spacial score (nSPS) is 22.4. The molecule has 5 aliphatic heterocycles. The van der Waals surface area contributed by atoms with Crippen LogP contribution in [0.3, 0.4) is 0 Å². The van der Waals surface area contributed by atoms with Gasteiger partial charge in [0, 0.05) is 56.1 Å². The first-order valence-electron chi connectivity index (χ1n) is 17.6. The molecule has 8 rings (SSSR count). The van der Waals surface area contributed by atoms with Crippen LogP contribution in [0.25, 0.3) is 10.9 Å². The van der Waals surface area contributed by atoms with Gasteiger partial charge in [-0.1, -0.05) is 6.07 Å². The summed E-state index contributed by atoms with van der Waals surface area (Å²) in [6, 6.07) is 7.42. The van der Waals surface area contributed by atoms with Gasteiger partial charge < -0.3 is 19.4 Å². The fraction of sp³-hybridized carbons (Fsp3) is 0.500. The maximum absolute atomic E-state index is 15.0. The monoisotopic (exact) mass is 718 g/mol. The number of amides is 4. The lowest BCUT2D eigenvalue weighted by Crippen LogP contribution is -2.61.